The molecular formula is C25H29N3O4S2. The number of carbonyl (C=O) groups excluding carboxylic acids is 2. The second-order valence-electron chi connectivity index (χ2n) is 9.21. The minimum atomic E-state index is -3.77. The summed E-state index contributed by atoms with van der Waals surface area (Å²) in [6.45, 7) is 11.1. The lowest BCUT2D eigenvalue weighted by Crippen LogP contribution is -2.27. The first-order valence-electron chi connectivity index (χ1n) is 10.7. The van der Waals surface area contributed by atoms with Gasteiger partial charge in [0.2, 0.25) is 5.91 Å². The van der Waals surface area contributed by atoms with Crippen LogP contribution in [0.15, 0.2) is 53.4 Å². The van der Waals surface area contributed by atoms with Gasteiger partial charge in [0.05, 0.1) is 14.8 Å². The number of aryl methyl sites for hydroxylation is 3. The molecule has 7 nitrogen and oxygen atoms in total. The van der Waals surface area contributed by atoms with Crippen molar-refractivity contribution < 1.29 is 18.0 Å². The predicted octanol–water partition coefficient (Wildman–Crippen LogP) is 5.71. The number of nitrogens with one attached hydrogen (secondary N) is 3. The van der Waals surface area contributed by atoms with Crippen LogP contribution in [0.2, 0.25) is 0 Å². The molecule has 0 bridgehead atoms. The molecule has 0 fully saturated rings. The van der Waals surface area contributed by atoms with Gasteiger partial charge in [-0.2, -0.15) is 0 Å². The van der Waals surface area contributed by atoms with E-state index >= 15 is 0 Å². The van der Waals surface area contributed by atoms with Gasteiger partial charge >= 0.3 is 0 Å². The number of amides is 2. The van der Waals surface area contributed by atoms with Crippen LogP contribution >= 0.6 is 11.3 Å². The average molecular weight is 500 g/mol. The van der Waals surface area contributed by atoms with E-state index < -0.39 is 15.4 Å². The predicted molar refractivity (Wildman–Crippen MR) is 138 cm³/mol. The summed E-state index contributed by atoms with van der Waals surface area (Å²) in [7, 11) is -3.77. The van der Waals surface area contributed by atoms with Crippen LogP contribution in [-0.2, 0) is 14.8 Å². The molecule has 0 unspecified atom stereocenters. The Labute approximate surface area is 204 Å². The van der Waals surface area contributed by atoms with Gasteiger partial charge in [0.1, 0.15) is 0 Å². The fraction of sp³-hybridized carbons (Fsp3) is 0.280. The zero-order valence-electron chi connectivity index (χ0n) is 20.1. The van der Waals surface area contributed by atoms with Gasteiger partial charge in [-0.05, 0) is 79.9 Å². The Morgan fingerprint density at radius 2 is 1.41 bits per heavy atom. The summed E-state index contributed by atoms with van der Waals surface area (Å²) in [6, 6.07) is 13.1. The number of hydrogen-bond acceptors (Lipinski definition) is 5. The Bertz CT molecular complexity index is 1340. The highest BCUT2D eigenvalue weighted by Crippen LogP contribution is 2.29. The van der Waals surface area contributed by atoms with E-state index in [4.69, 9.17) is 0 Å². The lowest BCUT2D eigenvalue weighted by atomic mass is 9.96. The fourth-order valence-corrected chi connectivity index (χ4v) is 5.01. The third kappa shape index (κ3) is 6.03. The molecule has 2 aromatic carbocycles. The fourth-order valence-electron chi connectivity index (χ4n) is 2.99. The van der Waals surface area contributed by atoms with E-state index in [2.05, 4.69) is 15.4 Å². The maximum absolute atomic E-state index is 12.8. The van der Waals surface area contributed by atoms with E-state index in [-0.39, 0.29) is 16.7 Å². The van der Waals surface area contributed by atoms with Crippen LogP contribution < -0.4 is 15.4 Å². The highest BCUT2D eigenvalue weighted by molar-refractivity contribution is 7.92. The van der Waals surface area contributed by atoms with Crippen molar-refractivity contribution in [2.45, 2.75) is 46.4 Å². The van der Waals surface area contributed by atoms with Crippen molar-refractivity contribution in [3.8, 4) is 0 Å². The van der Waals surface area contributed by atoms with Crippen molar-refractivity contribution in [3.63, 3.8) is 0 Å². The molecule has 34 heavy (non-hydrogen) atoms. The van der Waals surface area contributed by atoms with Gasteiger partial charge in [-0.3, -0.25) is 14.3 Å². The number of rotatable bonds is 6. The van der Waals surface area contributed by atoms with Crippen molar-refractivity contribution in [2.75, 3.05) is 15.4 Å². The molecule has 180 valence electrons. The van der Waals surface area contributed by atoms with Crippen molar-refractivity contribution >= 4 is 49.6 Å². The van der Waals surface area contributed by atoms with E-state index in [1.165, 1.54) is 35.6 Å². The molecule has 0 aliphatic rings. The van der Waals surface area contributed by atoms with Crippen molar-refractivity contribution in [2.24, 2.45) is 5.41 Å². The Hall–Kier alpha value is -3.17. The summed E-state index contributed by atoms with van der Waals surface area (Å²) in [5.74, 6) is -0.463. The van der Waals surface area contributed by atoms with Gasteiger partial charge in [0, 0.05) is 16.8 Å². The Kier molecular flexibility index (Phi) is 7.18. The van der Waals surface area contributed by atoms with E-state index in [1.54, 1.807) is 25.1 Å². The summed E-state index contributed by atoms with van der Waals surface area (Å²) >= 11 is 1.19. The van der Waals surface area contributed by atoms with Crippen molar-refractivity contribution in [3.05, 3.63) is 70.1 Å². The van der Waals surface area contributed by atoms with E-state index in [1.807, 2.05) is 40.7 Å². The maximum atomic E-state index is 12.8. The summed E-state index contributed by atoms with van der Waals surface area (Å²) in [5, 5.41) is 6.22. The van der Waals surface area contributed by atoms with Gasteiger partial charge in [0.15, 0.2) is 0 Å². The molecule has 0 aliphatic heterocycles. The van der Waals surface area contributed by atoms with Crippen LogP contribution in [0.25, 0.3) is 0 Å². The number of anilines is 3. The Morgan fingerprint density at radius 3 is 2.00 bits per heavy atom. The molecular weight excluding hydrogens is 470 g/mol. The molecule has 0 radical (unpaired) electrons. The van der Waals surface area contributed by atoms with Crippen LogP contribution in [0, 0.1) is 26.2 Å². The number of sulfonamides is 1. The van der Waals surface area contributed by atoms with Crippen LogP contribution in [0.4, 0.5) is 16.4 Å². The molecule has 0 spiro atoms. The topological polar surface area (TPSA) is 104 Å². The molecule has 1 aromatic heterocycles. The minimum absolute atomic E-state index is 0.0863. The molecule has 3 aromatic rings. The number of thiophene rings is 1. The molecule has 0 atom stereocenters. The summed E-state index contributed by atoms with van der Waals surface area (Å²) in [4.78, 5) is 25.5. The molecule has 9 heteroatoms. The van der Waals surface area contributed by atoms with E-state index in [9.17, 15) is 18.0 Å². The molecule has 1 heterocycles. The second kappa shape index (κ2) is 9.60. The monoisotopic (exact) mass is 499 g/mol. The molecule has 3 rings (SSSR count). The molecule has 0 saturated heterocycles. The molecule has 2 amide bonds. The van der Waals surface area contributed by atoms with Gasteiger partial charge in [-0.25, -0.2) is 8.42 Å². The maximum Gasteiger partial charge on any atom is 0.266 e. The zero-order valence-corrected chi connectivity index (χ0v) is 21.7. The van der Waals surface area contributed by atoms with E-state index in [0.717, 1.165) is 16.7 Å². The molecule has 0 aliphatic carbocycles. The van der Waals surface area contributed by atoms with E-state index in [0.29, 0.717) is 21.3 Å². The summed E-state index contributed by atoms with van der Waals surface area (Å²) in [6.07, 6.45) is 0. The molecule has 3 N–H and O–H groups in total. The first-order chi connectivity index (χ1) is 15.8. The number of carbonyl (C=O) groups is 2. The highest BCUT2D eigenvalue weighted by atomic mass is 32.2. The van der Waals surface area contributed by atoms with Crippen LogP contribution in [0.3, 0.4) is 0 Å². The first-order valence-corrected chi connectivity index (χ1v) is 13.0. The standard InChI is InChI=1S/C25H29N3O4S2/c1-15-7-8-19(13-16(15)2)28-34(31,32)20-11-9-18(10-12-20)26-23(29)22-17(3)14-21(33-22)27-24(30)25(4,5)6/h7-14,28H,1-6H3,(H,26,29)(H,27,30). The Morgan fingerprint density at radius 1 is 0.794 bits per heavy atom. The third-order valence-corrected chi connectivity index (χ3v) is 7.77. The smallest absolute Gasteiger partial charge is 0.266 e. The van der Waals surface area contributed by atoms with Crippen molar-refractivity contribution in [1.82, 2.24) is 0 Å². The SMILES string of the molecule is Cc1ccc(NS(=O)(=O)c2ccc(NC(=O)c3sc(NC(=O)C(C)(C)C)cc3C)cc2)cc1C. The summed E-state index contributed by atoms with van der Waals surface area (Å²) < 4.78 is 28.0. The lowest BCUT2D eigenvalue weighted by Gasteiger charge is -2.16. The molecule has 0 saturated carbocycles. The Balaban J connectivity index is 1.70. The normalized spacial score (nSPS) is 11.7. The lowest BCUT2D eigenvalue weighted by molar-refractivity contribution is -0.123. The van der Waals surface area contributed by atoms with Crippen LogP contribution in [0.1, 0.15) is 47.1 Å². The number of hydrogen-bond donors (Lipinski definition) is 3. The first kappa shape index (κ1) is 25.5. The van der Waals surface area contributed by atoms with Gasteiger partial charge in [-0.1, -0.05) is 26.8 Å². The third-order valence-electron chi connectivity index (χ3n) is 5.22. The summed E-state index contributed by atoms with van der Waals surface area (Å²) in [5.41, 5.74) is 3.21. The minimum Gasteiger partial charge on any atom is -0.321 e. The quantitative estimate of drug-likeness (QED) is 0.404. The van der Waals surface area contributed by atoms with Gasteiger partial charge in [0.25, 0.3) is 15.9 Å². The van der Waals surface area contributed by atoms with Crippen molar-refractivity contribution in [1.29, 1.82) is 0 Å². The van der Waals surface area contributed by atoms with Crippen LogP contribution in [0.5, 0.6) is 0 Å². The second-order valence-corrected chi connectivity index (χ2v) is 11.9. The van der Waals surface area contributed by atoms with Crippen LogP contribution in [-0.4, -0.2) is 20.2 Å². The van der Waals surface area contributed by atoms with Gasteiger partial charge in [-0.15, -0.1) is 11.3 Å². The highest BCUT2D eigenvalue weighted by Gasteiger charge is 2.23. The zero-order chi connectivity index (χ0) is 25.3. The average Bonchev–Trinajstić information content (AvgIpc) is 3.10. The van der Waals surface area contributed by atoms with Gasteiger partial charge < -0.3 is 10.6 Å². The number of benzene rings is 2. The largest absolute Gasteiger partial charge is 0.321 e.